The fourth-order valence-corrected chi connectivity index (χ4v) is 11.3. The third-order valence-electron chi connectivity index (χ3n) is 14.0. The number of fused-ring (bicyclic) bond motifs is 10. The molecule has 14 rings (SSSR count). The molecule has 66 heavy (non-hydrogen) atoms. The van der Waals surface area contributed by atoms with Crippen LogP contribution in [-0.2, 0) is 0 Å². The van der Waals surface area contributed by atoms with Gasteiger partial charge in [-0.2, -0.15) is 0 Å². The molecule has 306 valence electrons. The van der Waals surface area contributed by atoms with Crippen molar-refractivity contribution in [3.8, 4) is 50.2 Å². The van der Waals surface area contributed by atoms with Crippen molar-refractivity contribution in [3.63, 3.8) is 0 Å². The summed E-state index contributed by atoms with van der Waals surface area (Å²) in [5, 5.41) is 14.5. The predicted octanol–water partition coefficient (Wildman–Crippen LogP) is 18.0. The van der Waals surface area contributed by atoms with Gasteiger partial charge in [0.1, 0.15) is 11.2 Å². The average molecular weight is 838 g/mol. The van der Waals surface area contributed by atoms with Gasteiger partial charge < -0.3 is 8.98 Å². The third kappa shape index (κ3) is 5.30. The van der Waals surface area contributed by atoms with E-state index in [1.165, 1.54) is 104 Å². The summed E-state index contributed by atoms with van der Waals surface area (Å²) in [5.41, 5.74) is 15.0. The molecule has 0 aliphatic rings. The predicted molar refractivity (Wildman–Crippen MR) is 280 cm³/mol. The molecular formula is C64H39NO. The van der Waals surface area contributed by atoms with Crippen LogP contribution in [0.5, 0.6) is 0 Å². The molecule has 0 bridgehead atoms. The van der Waals surface area contributed by atoms with Crippen LogP contribution in [0.3, 0.4) is 0 Å². The number of hydrogen-bond donors (Lipinski definition) is 0. The molecule has 0 aliphatic heterocycles. The Hall–Kier alpha value is -8.72. The first kappa shape index (κ1) is 36.7. The van der Waals surface area contributed by atoms with E-state index in [0.717, 1.165) is 33.2 Å². The summed E-state index contributed by atoms with van der Waals surface area (Å²) in [7, 11) is 0. The molecule has 0 spiro atoms. The summed E-state index contributed by atoms with van der Waals surface area (Å²) in [6.45, 7) is 0. The smallest absolute Gasteiger partial charge is 0.136 e. The summed E-state index contributed by atoms with van der Waals surface area (Å²) >= 11 is 0. The summed E-state index contributed by atoms with van der Waals surface area (Å²) in [6.07, 6.45) is 0. The molecule has 0 atom stereocenters. The van der Waals surface area contributed by atoms with E-state index in [1.807, 2.05) is 0 Å². The fourth-order valence-electron chi connectivity index (χ4n) is 11.3. The fraction of sp³-hybridized carbons (Fsp3) is 0. The maximum Gasteiger partial charge on any atom is 0.136 e. The lowest BCUT2D eigenvalue weighted by Crippen LogP contribution is -1.93. The van der Waals surface area contributed by atoms with Gasteiger partial charge in [-0.25, -0.2) is 0 Å². The van der Waals surface area contributed by atoms with Crippen molar-refractivity contribution >= 4 is 86.8 Å². The number of benzene rings is 12. The topological polar surface area (TPSA) is 18.1 Å². The Balaban J connectivity index is 1.00. The average Bonchev–Trinajstić information content (AvgIpc) is 3.93. The van der Waals surface area contributed by atoms with Crippen molar-refractivity contribution in [3.05, 3.63) is 237 Å². The van der Waals surface area contributed by atoms with Gasteiger partial charge in [0.2, 0.25) is 0 Å². The largest absolute Gasteiger partial charge is 0.456 e. The third-order valence-corrected chi connectivity index (χ3v) is 14.0. The van der Waals surface area contributed by atoms with Gasteiger partial charge in [0.15, 0.2) is 0 Å². The normalized spacial score (nSPS) is 11.9. The first-order valence-electron chi connectivity index (χ1n) is 22.8. The standard InChI is InChI=1S/C64H39NO/c1-3-19-40(20-4-1)59-43-23-7-11-27-47(43)62(48-28-12-8-24-44(48)59)54-33-18-36-57-64(54)52-38-37-41(39-58(52)66-57)60-45-25-9-13-29-49(45)61(50-30-14-10-26-46(50)60)53-32-17-35-56-63(53)51-31-15-16-34-55(51)65(56)42-21-5-2-6-22-42/h1-39H. The molecule has 0 N–H and O–H groups in total. The van der Waals surface area contributed by atoms with E-state index >= 15 is 0 Å². The molecule has 0 fully saturated rings. The Morgan fingerprint density at radius 3 is 1.27 bits per heavy atom. The molecule has 0 saturated carbocycles. The van der Waals surface area contributed by atoms with Crippen LogP contribution in [0.2, 0.25) is 0 Å². The number of hydrogen-bond acceptors (Lipinski definition) is 1. The van der Waals surface area contributed by atoms with Crippen molar-refractivity contribution in [1.82, 2.24) is 4.57 Å². The maximum absolute atomic E-state index is 6.94. The maximum atomic E-state index is 6.94. The van der Waals surface area contributed by atoms with Crippen molar-refractivity contribution in [2.45, 2.75) is 0 Å². The number of rotatable bonds is 5. The lowest BCUT2D eigenvalue weighted by molar-refractivity contribution is 0.669. The molecule has 0 amide bonds. The molecule has 0 radical (unpaired) electrons. The van der Waals surface area contributed by atoms with Gasteiger partial charge in [-0.05, 0) is 130 Å². The highest BCUT2D eigenvalue weighted by Crippen LogP contribution is 2.50. The van der Waals surface area contributed by atoms with E-state index in [1.54, 1.807) is 0 Å². The highest BCUT2D eigenvalue weighted by atomic mass is 16.3. The molecule has 0 saturated heterocycles. The summed E-state index contributed by atoms with van der Waals surface area (Å²) in [4.78, 5) is 0. The summed E-state index contributed by atoms with van der Waals surface area (Å²) in [5.74, 6) is 0. The van der Waals surface area contributed by atoms with Crippen LogP contribution in [0.4, 0.5) is 0 Å². The van der Waals surface area contributed by atoms with Gasteiger partial charge in [0, 0.05) is 27.2 Å². The second kappa shape index (κ2) is 14.4. The zero-order chi connectivity index (χ0) is 43.3. The van der Waals surface area contributed by atoms with Crippen LogP contribution in [0.1, 0.15) is 0 Å². The van der Waals surface area contributed by atoms with E-state index in [9.17, 15) is 0 Å². The summed E-state index contributed by atoms with van der Waals surface area (Å²) < 4.78 is 9.34. The molecule has 2 heterocycles. The molecular weight excluding hydrogens is 799 g/mol. The van der Waals surface area contributed by atoms with Crippen molar-refractivity contribution in [1.29, 1.82) is 0 Å². The highest BCUT2D eigenvalue weighted by molar-refractivity contribution is 6.28. The number of furan rings is 1. The Morgan fingerprint density at radius 1 is 0.258 bits per heavy atom. The van der Waals surface area contributed by atoms with E-state index in [2.05, 4.69) is 241 Å². The van der Waals surface area contributed by atoms with Crippen molar-refractivity contribution in [2.75, 3.05) is 0 Å². The molecule has 14 aromatic rings. The first-order chi connectivity index (χ1) is 32.8. The van der Waals surface area contributed by atoms with Gasteiger partial charge in [0.25, 0.3) is 0 Å². The molecule has 2 nitrogen and oxygen atoms in total. The number of nitrogens with zero attached hydrogens (tertiary/aromatic N) is 1. The van der Waals surface area contributed by atoms with Gasteiger partial charge >= 0.3 is 0 Å². The van der Waals surface area contributed by atoms with E-state index in [4.69, 9.17) is 4.42 Å². The Bertz CT molecular complexity index is 4160. The SMILES string of the molecule is c1ccc(-c2c3ccccc3c(-c3cccc4oc5cc(-c6c7ccccc7c(-c7cccc8c7c7ccccc7n8-c7ccccc7)c7ccccc67)ccc5c34)c3ccccc23)cc1. The quantitative estimate of drug-likeness (QED) is 0.158. The first-order valence-corrected chi connectivity index (χ1v) is 22.8. The molecule has 2 heteroatoms. The molecule has 12 aromatic carbocycles. The van der Waals surface area contributed by atoms with E-state index in [0.29, 0.717) is 0 Å². The summed E-state index contributed by atoms with van der Waals surface area (Å²) in [6, 6.07) is 86.3. The Morgan fingerprint density at radius 2 is 0.697 bits per heavy atom. The van der Waals surface area contributed by atoms with Crippen molar-refractivity contribution in [2.24, 2.45) is 0 Å². The van der Waals surface area contributed by atoms with Crippen LogP contribution in [-0.4, -0.2) is 4.57 Å². The van der Waals surface area contributed by atoms with Crippen LogP contribution in [0.25, 0.3) is 137 Å². The van der Waals surface area contributed by atoms with E-state index < -0.39 is 0 Å². The number of aromatic nitrogens is 1. The minimum Gasteiger partial charge on any atom is -0.456 e. The van der Waals surface area contributed by atoms with E-state index in [-0.39, 0.29) is 0 Å². The van der Waals surface area contributed by atoms with Crippen LogP contribution in [0, 0.1) is 0 Å². The van der Waals surface area contributed by atoms with Crippen LogP contribution in [0.15, 0.2) is 241 Å². The highest BCUT2D eigenvalue weighted by Gasteiger charge is 2.24. The zero-order valence-electron chi connectivity index (χ0n) is 35.9. The second-order valence-corrected chi connectivity index (χ2v) is 17.4. The zero-order valence-corrected chi connectivity index (χ0v) is 35.9. The molecule has 2 aromatic heterocycles. The number of para-hydroxylation sites is 2. The van der Waals surface area contributed by atoms with Crippen LogP contribution < -0.4 is 0 Å². The lowest BCUT2D eigenvalue weighted by atomic mass is 9.84. The molecule has 0 unspecified atom stereocenters. The second-order valence-electron chi connectivity index (χ2n) is 17.4. The monoisotopic (exact) mass is 837 g/mol. The van der Waals surface area contributed by atoms with Gasteiger partial charge in [0.05, 0.1) is 11.0 Å². The Labute approximate surface area is 380 Å². The molecule has 0 aliphatic carbocycles. The van der Waals surface area contributed by atoms with Gasteiger partial charge in [-0.15, -0.1) is 0 Å². The van der Waals surface area contributed by atoms with Crippen LogP contribution >= 0.6 is 0 Å². The minimum absolute atomic E-state index is 0.875. The Kier molecular flexibility index (Phi) is 8.02. The van der Waals surface area contributed by atoms with Gasteiger partial charge in [-0.3, -0.25) is 0 Å². The van der Waals surface area contributed by atoms with Crippen molar-refractivity contribution < 1.29 is 4.42 Å². The van der Waals surface area contributed by atoms with Gasteiger partial charge in [-0.1, -0.05) is 194 Å². The minimum atomic E-state index is 0.875. The lowest BCUT2D eigenvalue weighted by Gasteiger charge is -2.18.